The number of hydrogen-bond acceptors (Lipinski definition) is 3. The maximum Gasteiger partial charge on any atom is 0.118 e. The third-order valence-corrected chi connectivity index (χ3v) is 3.15. The molecule has 0 aliphatic rings. The van der Waals surface area contributed by atoms with E-state index in [-0.39, 0.29) is 6.61 Å². The van der Waals surface area contributed by atoms with E-state index < -0.39 is 0 Å². The number of aliphatic hydroxyl groups excluding tert-OH is 1. The molecule has 1 aromatic carbocycles. The molecule has 0 radical (unpaired) electrons. The highest BCUT2D eigenvalue weighted by molar-refractivity contribution is 7.99. The average molecular weight is 235 g/mol. The van der Waals surface area contributed by atoms with Crippen LogP contribution in [0.4, 0.5) is 0 Å². The van der Waals surface area contributed by atoms with E-state index in [0.717, 1.165) is 21.2 Å². The molecule has 1 aromatic heterocycles. The summed E-state index contributed by atoms with van der Waals surface area (Å²) in [4.78, 5) is 4.24. The fourth-order valence-electron chi connectivity index (χ4n) is 1.34. The first-order valence-corrected chi connectivity index (χ1v) is 5.73. The van der Waals surface area contributed by atoms with E-state index in [1.807, 2.05) is 36.5 Å². The van der Waals surface area contributed by atoms with Crippen LogP contribution < -0.4 is 4.74 Å². The Morgan fingerprint density at radius 2 is 2.06 bits per heavy atom. The number of benzene rings is 1. The van der Waals surface area contributed by atoms with Gasteiger partial charge in [0.2, 0.25) is 0 Å². The molecule has 84 valence electrons. The molecule has 3 nitrogen and oxygen atoms in total. The Labute approximate surface area is 98.5 Å². The molecule has 2 N–H and O–H groups in total. The zero-order chi connectivity index (χ0) is 11.4. The van der Waals surface area contributed by atoms with E-state index in [9.17, 15) is 0 Å². The highest BCUT2D eigenvalue weighted by Gasteiger charge is 2.01. The molecule has 0 bridgehead atoms. The van der Waals surface area contributed by atoms with E-state index in [1.54, 1.807) is 18.9 Å². The van der Waals surface area contributed by atoms with Crippen molar-refractivity contribution in [3.05, 3.63) is 42.1 Å². The topological polar surface area (TPSA) is 45.2 Å². The van der Waals surface area contributed by atoms with Gasteiger partial charge in [-0.2, -0.15) is 0 Å². The van der Waals surface area contributed by atoms with Crippen LogP contribution in [-0.4, -0.2) is 17.2 Å². The lowest BCUT2D eigenvalue weighted by Gasteiger charge is -2.01. The second-order valence-corrected chi connectivity index (χ2v) is 4.42. The molecular weight excluding hydrogens is 222 g/mol. The summed E-state index contributed by atoms with van der Waals surface area (Å²) in [6.45, 7) is 0.0691. The summed E-state index contributed by atoms with van der Waals surface area (Å²) in [5.41, 5.74) is 0.899. The van der Waals surface area contributed by atoms with Crippen molar-refractivity contribution < 1.29 is 9.84 Å². The zero-order valence-corrected chi connectivity index (χ0v) is 9.75. The van der Waals surface area contributed by atoms with Crippen molar-refractivity contribution in [2.45, 2.75) is 16.5 Å². The Balaban J connectivity index is 2.08. The van der Waals surface area contributed by atoms with Crippen molar-refractivity contribution in [3.63, 3.8) is 0 Å². The average Bonchev–Trinajstić information content (AvgIpc) is 2.78. The van der Waals surface area contributed by atoms with Crippen LogP contribution in [0, 0.1) is 0 Å². The number of nitrogens with one attached hydrogen (secondary N) is 1. The molecule has 0 unspecified atom stereocenters. The predicted octanol–water partition coefficient (Wildman–Crippen LogP) is 2.67. The number of aromatic nitrogens is 1. The van der Waals surface area contributed by atoms with Crippen LogP contribution in [0.15, 0.2) is 46.5 Å². The second kappa shape index (κ2) is 5.09. The van der Waals surface area contributed by atoms with Crippen molar-refractivity contribution in [2.24, 2.45) is 0 Å². The lowest BCUT2D eigenvalue weighted by Crippen LogP contribution is -1.81. The largest absolute Gasteiger partial charge is 0.497 e. The highest BCUT2D eigenvalue weighted by atomic mass is 32.2. The molecular formula is C12H13NO2S. The molecule has 0 aliphatic carbocycles. The third-order valence-electron chi connectivity index (χ3n) is 2.19. The van der Waals surface area contributed by atoms with Gasteiger partial charge in [0, 0.05) is 11.1 Å². The summed E-state index contributed by atoms with van der Waals surface area (Å²) in [7, 11) is 1.65. The summed E-state index contributed by atoms with van der Waals surface area (Å²) >= 11 is 1.62. The van der Waals surface area contributed by atoms with Gasteiger partial charge in [-0.3, -0.25) is 0 Å². The van der Waals surface area contributed by atoms with E-state index in [0.29, 0.717) is 0 Å². The minimum atomic E-state index is 0.0691. The van der Waals surface area contributed by atoms with Gasteiger partial charge in [-0.1, -0.05) is 11.8 Å². The molecule has 2 aromatic rings. The minimum absolute atomic E-state index is 0.0691. The fourth-order valence-corrected chi connectivity index (χ4v) is 2.19. The van der Waals surface area contributed by atoms with Crippen molar-refractivity contribution in [3.8, 4) is 5.75 Å². The van der Waals surface area contributed by atoms with E-state index in [2.05, 4.69) is 4.98 Å². The molecule has 16 heavy (non-hydrogen) atoms. The molecule has 0 aliphatic heterocycles. The normalized spacial score (nSPS) is 10.4. The monoisotopic (exact) mass is 235 g/mol. The quantitative estimate of drug-likeness (QED) is 0.856. The summed E-state index contributed by atoms with van der Waals surface area (Å²) < 4.78 is 5.09. The van der Waals surface area contributed by atoms with Crippen LogP contribution >= 0.6 is 11.8 Å². The Morgan fingerprint density at radius 1 is 1.31 bits per heavy atom. The van der Waals surface area contributed by atoms with E-state index in [1.165, 1.54) is 0 Å². The maximum absolute atomic E-state index is 8.94. The molecule has 2 rings (SSSR count). The van der Waals surface area contributed by atoms with Gasteiger partial charge in [0.1, 0.15) is 5.75 Å². The summed E-state index contributed by atoms with van der Waals surface area (Å²) in [5.74, 6) is 0.854. The number of H-pyrrole nitrogens is 1. The van der Waals surface area contributed by atoms with Crippen LogP contribution in [0.3, 0.4) is 0 Å². The minimum Gasteiger partial charge on any atom is -0.497 e. The molecule has 1 heterocycles. The predicted molar refractivity (Wildman–Crippen MR) is 63.8 cm³/mol. The SMILES string of the molecule is COc1ccc(Sc2cc(CO)c[nH]2)cc1. The van der Waals surface area contributed by atoms with Gasteiger partial charge in [0.05, 0.1) is 18.7 Å². The van der Waals surface area contributed by atoms with Crippen LogP contribution in [-0.2, 0) is 6.61 Å². The van der Waals surface area contributed by atoms with Crippen LogP contribution in [0.25, 0.3) is 0 Å². The molecule has 0 fully saturated rings. The first-order chi connectivity index (χ1) is 7.81. The number of rotatable bonds is 4. The number of aliphatic hydroxyl groups is 1. The number of methoxy groups -OCH3 is 1. The van der Waals surface area contributed by atoms with Crippen molar-refractivity contribution >= 4 is 11.8 Å². The molecule has 0 saturated carbocycles. The van der Waals surface area contributed by atoms with Crippen molar-refractivity contribution in [1.29, 1.82) is 0 Å². The lowest BCUT2D eigenvalue weighted by molar-refractivity contribution is 0.282. The van der Waals surface area contributed by atoms with Crippen LogP contribution in [0.1, 0.15) is 5.56 Å². The zero-order valence-electron chi connectivity index (χ0n) is 8.93. The van der Waals surface area contributed by atoms with Gasteiger partial charge in [-0.05, 0) is 35.9 Å². The first-order valence-electron chi connectivity index (χ1n) is 4.92. The molecule has 0 saturated heterocycles. The van der Waals surface area contributed by atoms with Gasteiger partial charge in [-0.25, -0.2) is 0 Å². The Kier molecular flexibility index (Phi) is 3.54. The van der Waals surface area contributed by atoms with E-state index in [4.69, 9.17) is 9.84 Å². The first kappa shape index (κ1) is 11.1. The smallest absolute Gasteiger partial charge is 0.118 e. The summed E-state index contributed by atoms with van der Waals surface area (Å²) in [5, 5.41) is 9.96. The second-order valence-electron chi connectivity index (χ2n) is 3.31. The van der Waals surface area contributed by atoms with Crippen molar-refractivity contribution in [2.75, 3.05) is 7.11 Å². The van der Waals surface area contributed by atoms with Gasteiger partial charge >= 0.3 is 0 Å². The highest BCUT2D eigenvalue weighted by Crippen LogP contribution is 2.28. The number of hydrogen-bond donors (Lipinski definition) is 2. The van der Waals surface area contributed by atoms with E-state index >= 15 is 0 Å². The molecule has 0 atom stereocenters. The summed E-state index contributed by atoms with van der Waals surface area (Å²) in [6.07, 6.45) is 1.81. The summed E-state index contributed by atoms with van der Waals surface area (Å²) in [6, 6.07) is 9.80. The number of ether oxygens (including phenoxy) is 1. The Bertz CT molecular complexity index is 450. The van der Waals surface area contributed by atoms with Gasteiger partial charge in [-0.15, -0.1) is 0 Å². The standard InChI is InChI=1S/C12H13NO2S/c1-15-10-2-4-11(5-3-10)16-12-6-9(8-14)7-13-12/h2-7,13-14H,8H2,1H3. The number of aromatic amines is 1. The van der Waals surface area contributed by atoms with Crippen molar-refractivity contribution in [1.82, 2.24) is 4.98 Å². The van der Waals surface area contributed by atoms with Crippen LogP contribution in [0.5, 0.6) is 5.75 Å². The molecule has 0 spiro atoms. The third kappa shape index (κ3) is 2.59. The Hall–Kier alpha value is -1.39. The maximum atomic E-state index is 8.94. The molecule has 4 heteroatoms. The molecule has 0 amide bonds. The van der Waals surface area contributed by atoms with Gasteiger partial charge in [0.25, 0.3) is 0 Å². The van der Waals surface area contributed by atoms with Crippen LogP contribution in [0.2, 0.25) is 0 Å². The lowest BCUT2D eigenvalue weighted by atomic mass is 10.3. The fraction of sp³-hybridized carbons (Fsp3) is 0.167. The van der Waals surface area contributed by atoms with Gasteiger partial charge in [0.15, 0.2) is 0 Å². The van der Waals surface area contributed by atoms with Gasteiger partial charge < -0.3 is 14.8 Å². The Morgan fingerprint density at radius 3 is 2.62 bits per heavy atom.